The van der Waals surface area contributed by atoms with E-state index < -0.39 is 0 Å². The first-order valence-electron chi connectivity index (χ1n) is 3.99. The molecule has 0 atom stereocenters. The molecular weight excluding hydrogens is 180 g/mol. The Kier molecular flexibility index (Phi) is 3.24. The zero-order valence-electron chi connectivity index (χ0n) is 8.38. The van der Waals surface area contributed by atoms with Crippen molar-refractivity contribution in [3.8, 4) is 23.2 Å². The lowest BCUT2D eigenvalue weighted by molar-refractivity contribution is 0.348. The van der Waals surface area contributed by atoms with Crippen molar-refractivity contribution < 1.29 is 14.2 Å². The van der Waals surface area contributed by atoms with Crippen LogP contribution in [0.25, 0.3) is 0 Å². The Bertz CT molecular complexity index is 364. The number of rotatable bonds is 3. The molecular formula is C11H11O3. The maximum atomic E-state index is 7.06. The summed E-state index contributed by atoms with van der Waals surface area (Å²) >= 11 is 0. The molecule has 0 fully saturated rings. The van der Waals surface area contributed by atoms with Crippen molar-refractivity contribution in [1.29, 1.82) is 0 Å². The largest absolute Gasteiger partial charge is 0.495 e. The Morgan fingerprint density at radius 2 is 1.43 bits per heavy atom. The number of benzene rings is 1. The molecule has 3 nitrogen and oxygen atoms in total. The highest BCUT2D eigenvalue weighted by Crippen LogP contribution is 2.33. The van der Waals surface area contributed by atoms with Crippen LogP contribution in [0.5, 0.6) is 17.2 Å². The zero-order valence-corrected chi connectivity index (χ0v) is 8.38. The molecule has 1 aromatic rings. The van der Waals surface area contributed by atoms with Gasteiger partial charge in [-0.1, -0.05) is 0 Å². The van der Waals surface area contributed by atoms with Gasteiger partial charge in [-0.25, -0.2) is 0 Å². The van der Waals surface area contributed by atoms with E-state index >= 15 is 0 Å². The highest BCUT2D eigenvalue weighted by atomic mass is 16.5. The van der Waals surface area contributed by atoms with Crippen LogP contribution in [0.3, 0.4) is 0 Å². The van der Waals surface area contributed by atoms with Gasteiger partial charge >= 0.3 is 0 Å². The summed E-state index contributed by atoms with van der Waals surface area (Å²) in [5.74, 6) is 3.93. The number of hydrogen-bond acceptors (Lipinski definition) is 3. The molecule has 3 heteroatoms. The minimum Gasteiger partial charge on any atom is -0.495 e. The van der Waals surface area contributed by atoms with E-state index in [9.17, 15) is 0 Å². The Hall–Kier alpha value is -1.82. The third-order valence-electron chi connectivity index (χ3n) is 1.84. The van der Waals surface area contributed by atoms with Gasteiger partial charge in [0.25, 0.3) is 0 Å². The third kappa shape index (κ3) is 1.74. The average Bonchev–Trinajstić information content (AvgIpc) is 2.26. The van der Waals surface area contributed by atoms with Gasteiger partial charge in [-0.05, 0) is 12.3 Å². The molecule has 0 amide bonds. The normalized spacial score (nSPS) is 9.00. The van der Waals surface area contributed by atoms with Crippen molar-refractivity contribution in [3.05, 3.63) is 24.1 Å². The summed E-state index contributed by atoms with van der Waals surface area (Å²) in [6.45, 7) is 0. The smallest absolute Gasteiger partial charge is 0.164 e. The van der Waals surface area contributed by atoms with E-state index in [4.69, 9.17) is 20.6 Å². The highest BCUT2D eigenvalue weighted by molar-refractivity contribution is 5.55. The lowest BCUT2D eigenvalue weighted by atomic mass is 10.2. The molecule has 1 aromatic carbocycles. The van der Waals surface area contributed by atoms with Crippen LogP contribution < -0.4 is 14.2 Å². The van der Waals surface area contributed by atoms with Crippen LogP contribution in [0.4, 0.5) is 0 Å². The first kappa shape index (κ1) is 10.3. The summed E-state index contributed by atoms with van der Waals surface area (Å²) in [4.78, 5) is 0. The van der Waals surface area contributed by atoms with E-state index in [2.05, 4.69) is 5.92 Å². The average molecular weight is 191 g/mol. The van der Waals surface area contributed by atoms with Gasteiger partial charge in [-0.15, -0.1) is 0 Å². The molecule has 0 aromatic heterocycles. The van der Waals surface area contributed by atoms with Gasteiger partial charge in [0.05, 0.1) is 26.9 Å². The fourth-order valence-corrected chi connectivity index (χ4v) is 1.13. The number of hydrogen-bond donors (Lipinski definition) is 0. The van der Waals surface area contributed by atoms with Crippen LogP contribution in [-0.2, 0) is 0 Å². The van der Waals surface area contributed by atoms with E-state index in [0.29, 0.717) is 22.8 Å². The standard InChI is InChI=1S/C11H11O3/c1-5-8-6-10(13-3)11(14-4)7-9(8)12-2/h6-7H,2-4H3. The molecule has 0 saturated carbocycles. The van der Waals surface area contributed by atoms with E-state index in [1.165, 1.54) is 14.2 Å². The van der Waals surface area contributed by atoms with Gasteiger partial charge < -0.3 is 14.2 Å². The molecule has 73 valence electrons. The molecule has 1 rings (SSSR count). The summed E-state index contributed by atoms with van der Waals surface area (Å²) in [5.41, 5.74) is 0.533. The van der Waals surface area contributed by atoms with Crippen molar-refractivity contribution in [1.82, 2.24) is 0 Å². The maximum absolute atomic E-state index is 7.06. The molecule has 14 heavy (non-hydrogen) atoms. The van der Waals surface area contributed by atoms with E-state index in [1.54, 1.807) is 19.2 Å². The number of methoxy groups -OCH3 is 3. The predicted molar refractivity (Wildman–Crippen MR) is 52.3 cm³/mol. The minimum absolute atomic E-state index is 0.533. The first-order chi connectivity index (χ1) is 6.76. The van der Waals surface area contributed by atoms with Gasteiger partial charge in [-0.2, -0.15) is 0 Å². The molecule has 0 aliphatic rings. The Labute approximate surface area is 83.6 Å². The van der Waals surface area contributed by atoms with Crippen LogP contribution in [0, 0.1) is 12.3 Å². The fraction of sp³-hybridized carbons (Fsp3) is 0.273. The monoisotopic (exact) mass is 191 g/mol. The van der Waals surface area contributed by atoms with Crippen molar-refractivity contribution in [3.63, 3.8) is 0 Å². The Balaban J connectivity index is 3.30. The molecule has 0 saturated heterocycles. The second-order valence-corrected chi connectivity index (χ2v) is 2.53. The van der Waals surface area contributed by atoms with Crippen LogP contribution >= 0.6 is 0 Å². The SMILES string of the molecule is [C]#Cc1cc(OC)c(OC)cc1OC. The van der Waals surface area contributed by atoms with Crippen molar-refractivity contribution in [2.75, 3.05) is 21.3 Å². The van der Waals surface area contributed by atoms with Crippen LogP contribution in [0.1, 0.15) is 5.56 Å². The quantitative estimate of drug-likeness (QED) is 0.680. The van der Waals surface area contributed by atoms with Crippen LogP contribution in [0.2, 0.25) is 0 Å². The summed E-state index contributed by atoms with van der Waals surface area (Å²) < 4.78 is 15.2. The molecule has 0 bridgehead atoms. The lowest BCUT2D eigenvalue weighted by Gasteiger charge is -2.10. The Morgan fingerprint density at radius 3 is 1.86 bits per heavy atom. The van der Waals surface area contributed by atoms with Gasteiger partial charge in [-0.3, -0.25) is 0 Å². The van der Waals surface area contributed by atoms with Crippen LogP contribution in [-0.4, -0.2) is 21.3 Å². The molecule has 1 radical (unpaired) electrons. The number of ether oxygens (including phenoxy) is 3. The topological polar surface area (TPSA) is 27.7 Å². The molecule has 0 heterocycles. The zero-order chi connectivity index (χ0) is 10.6. The molecule has 0 spiro atoms. The van der Waals surface area contributed by atoms with E-state index in [-0.39, 0.29) is 0 Å². The summed E-state index contributed by atoms with van der Waals surface area (Å²) in [6.07, 6.45) is 7.06. The second kappa shape index (κ2) is 4.43. The highest BCUT2D eigenvalue weighted by Gasteiger charge is 2.09. The van der Waals surface area contributed by atoms with Gasteiger partial charge in [0.2, 0.25) is 0 Å². The van der Waals surface area contributed by atoms with Gasteiger partial charge in [0.15, 0.2) is 11.5 Å². The van der Waals surface area contributed by atoms with Crippen molar-refractivity contribution in [2.45, 2.75) is 0 Å². The predicted octanol–water partition coefficient (Wildman–Crippen LogP) is 1.65. The molecule has 0 aliphatic carbocycles. The lowest BCUT2D eigenvalue weighted by Crippen LogP contribution is -1.94. The summed E-state index contributed by atoms with van der Waals surface area (Å²) in [5, 5.41) is 0. The molecule has 0 N–H and O–H groups in total. The molecule has 0 unspecified atom stereocenters. The first-order valence-corrected chi connectivity index (χ1v) is 3.99. The molecule has 0 aliphatic heterocycles. The minimum atomic E-state index is 0.533. The summed E-state index contributed by atoms with van der Waals surface area (Å²) in [6, 6.07) is 3.31. The maximum Gasteiger partial charge on any atom is 0.164 e. The van der Waals surface area contributed by atoms with Crippen molar-refractivity contribution >= 4 is 0 Å². The Morgan fingerprint density at radius 1 is 0.929 bits per heavy atom. The van der Waals surface area contributed by atoms with Gasteiger partial charge in [0.1, 0.15) is 5.75 Å². The van der Waals surface area contributed by atoms with E-state index in [0.717, 1.165) is 0 Å². The van der Waals surface area contributed by atoms with Crippen molar-refractivity contribution in [2.24, 2.45) is 0 Å². The van der Waals surface area contributed by atoms with Crippen LogP contribution in [0.15, 0.2) is 12.1 Å². The second-order valence-electron chi connectivity index (χ2n) is 2.53. The van der Waals surface area contributed by atoms with Gasteiger partial charge in [0, 0.05) is 12.1 Å². The van der Waals surface area contributed by atoms with E-state index in [1.807, 2.05) is 0 Å². The third-order valence-corrected chi connectivity index (χ3v) is 1.84. The fourth-order valence-electron chi connectivity index (χ4n) is 1.13. The summed E-state index contributed by atoms with van der Waals surface area (Å²) in [7, 11) is 4.62.